The van der Waals surface area contributed by atoms with E-state index in [2.05, 4.69) is 10.6 Å². The zero-order chi connectivity index (χ0) is 27.3. The van der Waals surface area contributed by atoms with E-state index in [1.54, 1.807) is 48.5 Å². The van der Waals surface area contributed by atoms with Crippen molar-refractivity contribution >= 4 is 33.2 Å². The summed E-state index contributed by atoms with van der Waals surface area (Å²) >= 11 is 0. The molecular weight excluding hydrogens is 502 g/mol. The predicted molar refractivity (Wildman–Crippen MR) is 148 cm³/mol. The fraction of sp³-hybridized carbons (Fsp3) is 0.310. The third-order valence-corrected chi connectivity index (χ3v) is 8.42. The van der Waals surface area contributed by atoms with E-state index in [1.165, 1.54) is 12.1 Å². The van der Waals surface area contributed by atoms with Crippen LogP contribution in [0.15, 0.2) is 71.6 Å². The number of benzene rings is 3. The van der Waals surface area contributed by atoms with Gasteiger partial charge < -0.3 is 15.4 Å². The molecular formula is C29H33N3O5S. The summed E-state index contributed by atoms with van der Waals surface area (Å²) in [5.74, 6) is -0.909. The molecule has 200 valence electrons. The second kappa shape index (κ2) is 11.8. The second-order valence-corrected chi connectivity index (χ2v) is 11.4. The fourth-order valence-electron chi connectivity index (χ4n) is 4.25. The first-order chi connectivity index (χ1) is 18.1. The number of hydrogen-bond donors (Lipinski definition) is 2. The molecule has 3 aromatic carbocycles. The van der Waals surface area contributed by atoms with Crippen LogP contribution in [0.4, 0.5) is 11.4 Å². The summed E-state index contributed by atoms with van der Waals surface area (Å²) < 4.78 is 34.0. The Bertz CT molecular complexity index is 1410. The number of ether oxygens (including phenoxy) is 1. The standard InChI is InChI=1S/C29H33N3O5S/c1-20-10-14-25(15-11-20)38(35,36)32(23-13-12-21(2)22(3)17-23)19-28(33)31-27-9-5-4-8-26(27)29(34)30-18-24-7-6-16-37-24/h4-5,8-15,17,24H,6-7,16,18-19H2,1-3H3,(H,30,34)(H,31,33)/t24-/m1/s1. The molecule has 9 heteroatoms. The van der Waals surface area contributed by atoms with Gasteiger partial charge in [-0.1, -0.05) is 35.9 Å². The largest absolute Gasteiger partial charge is 0.376 e. The van der Waals surface area contributed by atoms with Crippen LogP contribution in [0.5, 0.6) is 0 Å². The number of sulfonamides is 1. The molecule has 3 aromatic rings. The molecule has 38 heavy (non-hydrogen) atoms. The van der Waals surface area contributed by atoms with E-state index >= 15 is 0 Å². The Morgan fingerprint density at radius 1 is 0.974 bits per heavy atom. The number of amides is 2. The topological polar surface area (TPSA) is 105 Å². The summed E-state index contributed by atoms with van der Waals surface area (Å²) in [7, 11) is -4.05. The van der Waals surface area contributed by atoms with Crippen molar-refractivity contribution in [1.29, 1.82) is 0 Å². The summed E-state index contributed by atoms with van der Waals surface area (Å²) in [5, 5.41) is 5.60. The van der Waals surface area contributed by atoms with Gasteiger partial charge in [-0.15, -0.1) is 0 Å². The lowest BCUT2D eigenvalue weighted by Crippen LogP contribution is -2.38. The summed E-state index contributed by atoms with van der Waals surface area (Å²) in [4.78, 5) is 26.2. The Morgan fingerprint density at radius 3 is 2.39 bits per heavy atom. The molecule has 2 amide bonds. The lowest BCUT2D eigenvalue weighted by molar-refractivity contribution is -0.114. The minimum absolute atomic E-state index is 0.0146. The lowest BCUT2D eigenvalue weighted by atomic mass is 10.1. The molecule has 0 unspecified atom stereocenters. The highest BCUT2D eigenvalue weighted by Crippen LogP contribution is 2.26. The van der Waals surface area contributed by atoms with Gasteiger partial charge in [0.25, 0.3) is 15.9 Å². The second-order valence-electron chi connectivity index (χ2n) is 9.53. The van der Waals surface area contributed by atoms with Crippen molar-refractivity contribution < 1.29 is 22.7 Å². The first-order valence-electron chi connectivity index (χ1n) is 12.6. The smallest absolute Gasteiger partial charge is 0.264 e. The van der Waals surface area contributed by atoms with Gasteiger partial charge in [0.2, 0.25) is 5.91 Å². The van der Waals surface area contributed by atoms with E-state index in [1.807, 2.05) is 26.8 Å². The Kier molecular flexibility index (Phi) is 8.48. The fourth-order valence-corrected chi connectivity index (χ4v) is 5.66. The Hall–Kier alpha value is -3.69. The zero-order valence-electron chi connectivity index (χ0n) is 21.9. The van der Waals surface area contributed by atoms with E-state index in [0.717, 1.165) is 33.8 Å². The summed E-state index contributed by atoms with van der Waals surface area (Å²) in [6.45, 7) is 6.31. The van der Waals surface area contributed by atoms with Crippen molar-refractivity contribution in [3.8, 4) is 0 Å². The van der Waals surface area contributed by atoms with Crippen molar-refractivity contribution in [3.63, 3.8) is 0 Å². The summed E-state index contributed by atoms with van der Waals surface area (Å²) in [6.07, 6.45) is 1.84. The summed E-state index contributed by atoms with van der Waals surface area (Å²) in [5.41, 5.74) is 3.81. The van der Waals surface area contributed by atoms with Gasteiger partial charge in [0, 0.05) is 13.2 Å². The molecule has 0 radical (unpaired) electrons. The Balaban J connectivity index is 1.57. The van der Waals surface area contributed by atoms with Crippen LogP contribution in [0.1, 0.15) is 39.9 Å². The van der Waals surface area contributed by atoms with Crippen LogP contribution in [0.25, 0.3) is 0 Å². The number of nitrogens with one attached hydrogen (secondary N) is 2. The van der Waals surface area contributed by atoms with Crippen LogP contribution >= 0.6 is 0 Å². The molecule has 1 heterocycles. The minimum Gasteiger partial charge on any atom is -0.376 e. The van der Waals surface area contributed by atoms with Gasteiger partial charge in [0.1, 0.15) is 6.54 Å². The van der Waals surface area contributed by atoms with Crippen molar-refractivity contribution in [1.82, 2.24) is 5.32 Å². The van der Waals surface area contributed by atoms with Crippen molar-refractivity contribution in [3.05, 3.63) is 89.0 Å². The first kappa shape index (κ1) is 27.3. The van der Waals surface area contributed by atoms with Gasteiger partial charge in [0.05, 0.1) is 27.9 Å². The number of para-hydroxylation sites is 1. The third-order valence-electron chi connectivity index (χ3n) is 6.63. The van der Waals surface area contributed by atoms with Crippen molar-refractivity contribution in [2.24, 2.45) is 0 Å². The average molecular weight is 536 g/mol. The maximum atomic E-state index is 13.7. The minimum atomic E-state index is -4.05. The van der Waals surface area contributed by atoms with Gasteiger partial charge in [-0.2, -0.15) is 0 Å². The zero-order valence-corrected chi connectivity index (χ0v) is 22.7. The predicted octanol–water partition coefficient (Wildman–Crippen LogP) is 4.35. The van der Waals surface area contributed by atoms with Crippen LogP contribution in [0.2, 0.25) is 0 Å². The SMILES string of the molecule is Cc1ccc(S(=O)(=O)N(CC(=O)Nc2ccccc2C(=O)NC[C@H]2CCCO2)c2ccc(C)c(C)c2)cc1. The molecule has 2 N–H and O–H groups in total. The number of anilines is 2. The molecule has 0 aromatic heterocycles. The normalized spacial score (nSPS) is 15.2. The van der Waals surface area contributed by atoms with Gasteiger partial charge in [-0.25, -0.2) is 8.42 Å². The molecule has 1 saturated heterocycles. The van der Waals surface area contributed by atoms with E-state index in [9.17, 15) is 18.0 Å². The van der Waals surface area contributed by atoms with Crippen LogP contribution in [-0.4, -0.2) is 46.0 Å². The number of hydrogen-bond acceptors (Lipinski definition) is 5. The molecule has 8 nitrogen and oxygen atoms in total. The molecule has 1 fully saturated rings. The van der Waals surface area contributed by atoms with Crippen molar-refractivity contribution in [2.45, 2.75) is 44.6 Å². The maximum absolute atomic E-state index is 13.7. The number of aryl methyl sites for hydroxylation is 3. The molecule has 1 aliphatic heterocycles. The highest BCUT2D eigenvalue weighted by molar-refractivity contribution is 7.92. The van der Waals surface area contributed by atoms with E-state index < -0.39 is 22.5 Å². The van der Waals surface area contributed by atoms with Crippen LogP contribution in [-0.2, 0) is 19.6 Å². The molecule has 0 bridgehead atoms. The molecule has 0 spiro atoms. The third kappa shape index (κ3) is 6.41. The molecule has 1 atom stereocenters. The van der Waals surface area contributed by atoms with Gasteiger partial charge in [-0.3, -0.25) is 13.9 Å². The Morgan fingerprint density at radius 2 is 1.71 bits per heavy atom. The number of rotatable bonds is 9. The number of carbonyl (C=O) groups is 2. The van der Waals surface area contributed by atoms with Crippen LogP contribution < -0.4 is 14.9 Å². The number of nitrogens with zero attached hydrogens (tertiary/aromatic N) is 1. The first-order valence-corrected chi connectivity index (χ1v) is 14.0. The maximum Gasteiger partial charge on any atom is 0.264 e. The number of carbonyl (C=O) groups excluding carboxylic acids is 2. The summed E-state index contributed by atoms with van der Waals surface area (Å²) in [6, 6.07) is 18.4. The van der Waals surface area contributed by atoms with E-state index in [4.69, 9.17) is 4.74 Å². The Labute approximate surface area is 224 Å². The lowest BCUT2D eigenvalue weighted by Gasteiger charge is -2.25. The van der Waals surface area contributed by atoms with Gasteiger partial charge in [0.15, 0.2) is 0 Å². The van der Waals surface area contributed by atoms with Gasteiger partial charge in [-0.05, 0) is 81.1 Å². The highest BCUT2D eigenvalue weighted by atomic mass is 32.2. The molecule has 0 aliphatic carbocycles. The van der Waals surface area contributed by atoms with Crippen LogP contribution in [0, 0.1) is 20.8 Å². The van der Waals surface area contributed by atoms with E-state index in [-0.39, 0.29) is 22.5 Å². The van der Waals surface area contributed by atoms with Crippen LogP contribution in [0.3, 0.4) is 0 Å². The van der Waals surface area contributed by atoms with Gasteiger partial charge >= 0.3 is 0 Å². The highest BCUT2D eigenvalue weighted by Gasteiger charge is 2.28. The molecule has 1 aliphatic rings. The van der Waals surface area contributed by atoms with E-state index in [0.29, 0.717) is 24.5 Å². The average Bonchev–Trinajstić information content (AvgIpc) is 3.42. The molecule has 0 saturated carbocycles. The molecule has 4 rings (SSSR count). The monoisotopic (exact) mass is 535 g/mol. The van der Waals surface area contributed by atoms with Crippen molar-refractivity contribution in [2.75, 3.05) is 29.3 Å². The quantitative estimate of drug-likeness (QED) is 0.424.